The van der Waals surface area contributed by atoms with Crippen molar-refractivity contribution in [3.05, 3.63) is 83.4 Å². The van der Waals surface area contributed by atoms with Gasteiger partial charge in [0.05, 0.1) is 38.6 Å². The molecule has 0 aliphatic carbocycles. The number of carbonyl (C=O) groups is 2. The lowest BCUT2D eigenvalue weighted by Gasteiger charge is -2.27. The fourth-order valence-corrected chi connectivity index (χ4v) is 4.14. The molecular weight excluding hydrogens is 494 g/mol. The summed E-state index contributed by atoms with van der Waals surface area (Å²) in [6, 6.07) is 19.7. The van der Waals surface area contributed by atoms with Crippen molar-refractivity contribution in [2.24, 2.45) is 0 Å². The van der Waals surface area contributed by atoms with Crippen LogP contribution < -0.4 is 20.1 Å². The Kier molecular flexibility index (Phi) is 10.3. The van der Waals surface area contributed by atoms with Crippen LogP contribution in [0.15, 0.2) is 66.7 Å². The number of hydrogen-bond acceptors (Lipinski definition) is 6. The number of halogens is 1. The molecule has 1 heterocycles. The number of benzene rings is 3. The Morgan fingerprint density at radius 2 is 1.41 bits per heavy atom. The van der Waals surface area contributed by atoms with Crippen LogP contribution in [0.1, 0.15) is 26.3 Å². The lowest BCUT2D eigenvalue weighted by molar-refractivity contribution is 0.0384. The van der Waals surface area contributed by atoms with Gasteiger partial charge in [0.25, 0.3) is 11.8 Å². The molecule has 37 heavy (non-hydrogen) atoms. The predicted molar refractivity (Wildman–Crippen MR) is 147 cm³/mol. The van der Waals surface area contributed by atoms with E-state index in [1.807, 2.05) is 24.3 Å². The summed E-state index contributed by atoms with van der Waals surface area (Å²) in [6.45, 7) is 4.07. The number of anilines is 2. The SMILES string of the molecule is COc1ccccc1C(=O)Nc1ccc(CCN2CCOCC2)c(NC(=O)c2ccccc2OC)c1.Cl. The summed E-state index contributed by atoms with van der Waals surface area (Å²) in [4.78, 5) is 28.4. The molecule has 0 unspecified atom stereocenters. The van der Waals surface area contributed by atoms with Crippen LogP contribution >= 0.6 is 12.4 Å². The van der Waals surface area contributed by atoms with E-state index >= 15 is 0 Å². The topological polar surface area (TPSA) is 89.1 Å². The van der Waals surface area contributed by atoms with Crippen LogP contribution in [-0.2, 0) is 11.2 Å². The molecule has 0 radical (unpaired) electrons. The summed E-state index contributed by atoms with van der Waals surface area (Å²) in [7, 11) is 3.06. The summed E-state index contributed by atoms with van der Waals surface area (Å²) in [6.07, 6.45) is 0.738. The second kappa shape index (κ2) is 13.6. The Labute approximate surface area is 223 Å². The number of rotatable bonds is 9. The number of morpholine rings is 1. The van der Waals surface area contributed by atoms with Gasteiger partial charge in [-0.2, -0.15) is 0 Å². The zero-order valence-electron chi connectivity index (χ0n) is 21.0. The van der Waals surface area contributed by atoms with Crippen molar-refractivity contribution >= 4 is 35.6 Å². The molecule has 0 saturated carbocycles. The van der Waals surface area contributed by atoms with Gasteiger partial charge in [-0.05, 0) is 48.4 Å². The molecular formula is C28H32ClN3O5. The third-order valence-electron chi connectivity index (χ3n) is 6.12. The van der Waals surface area contributed by atoms with E-state index in [1.54, 1.807) is 42.5 Å². The van der Waals surface area contributed by atoms with Gasteiger partial charge in [0.1, 0.15) is 11.5 Å². The number of nitrogens with zero attached hydrogens (tertiary/aromatic N) is 1. The molecule has 3 aromatic carbocycles. The Balaban J connectivity index is 0.00000380. The molecule has 1 aliphatic rings. The van der Waals surface area contributed by atoms with E-state index in [4.69, 9.17) is 14.2 Å². The molecule has 8 nitrogen and oxygen atoms in total. The Bertz CT molecular complexity index is 1210. The maximum atomic E-state index is 13.2. The molecule has 0 bridgehead atoms. The van der Waals surface area contributed by atoms with E-state index in [2.05, 4.69) is 15.5 Å². The van der Waals surface area contributed by atoms with Gasteiger partial charge < -0.3 is 24.8 Å². The first kappa shape index (κ1) is 28.0. The van der Waals surface area contributed by atoms with Crippen LogP contribution in [0.3, 0.4) is 0 Å². The second-order valence-corrected chi connectivity index (χ2v) is 8.38. The highest BCUT2D eigenvalue weighted by atomic mass is 35.5. The summed E-state index contributed by atoms with van der Waals surface area (Å²) >= 11 is 0. The van der Waals surface area contributed by atoms with Crippen LogP contribution in [0.5, 0.6) is 11.5 Å². The van der Waals surface area contributed by atoms with Crippen LogP contribution in [0.4, 0.5) is 11.4 Å². The van der Waals surface area contributed by atoms with Gasteiger partial charge in [0.15, 0.2) is 0 Å². The van der Waals surface area contributed by atoms with E-state index in [1.165, 1.54) is 14.2 Å². The fourth-order valence-electron chi connectivity index (χ4n) is 4.14. The first-order valence-electron chi connectivity index (χ1n) is 11.9. The number of nitrogens with one attached hydrogen (secondary N) is 2. The minimum atomic E-state index is -0.296. The lowest BCUT2D eigenvalue weighted by atomic mass is 10.1. The van der Waals surface area contributed by atoms with Gasteiger partial charge >= 0.3 is 0 Å². The summed E-state index contributed by atoms with van der Waals surface area (Å²) in [5, 5.41) is 5.95. The number of carbonyl (C=O) groups excluding carboxylic acids is 2. The number of amides is 2. The summed E-state index contributed by atoms with van der Waals surface area (Å²) < 4.78 is 16.1. The number of para-hydroxylation sites is 2. The molecule has 1 fully saturated rings. The van der Waals surface area contributed by atoms with E-state index in [-0.39, 0.29) is 24.2 Å². The van der Waals surface area contributed by atoms with Crippen molar-refractivity contribution < 1.29 is 23.8 Å². The minimum Gasteiger partial charge on any atom is -0.496 e. The van der Waals surface area contributed by atoms with Crippen LogP contribution in [0, 0.1) is 0 Å². The van der Waals surface area contributed by atoms with Crippen molar-refractivity contribution in [1.82, 2.24) is 4.90 Å². The average molecular weight is 526 g/mol. The van der Waals surface area contributed by atoms with Gasteiger partial charge in [-0.25, -0.2) is 0 Å². The molecule has 2 amide bonds. The standard InChI is InChI=1S/C28H31N3O5.ClH/c1-34-25-9-5-3-7-22(25)27(32)29-21-12-11-20(13-14-31-15-17-36-18-16-31)24(19-21)30-28(33)23-8-4-6-10-26(23)35-2;/h3-12,19H,13-18H2,1-2H3,(H,29,32)(H,30,33);1H. The smallest absolute Gasteiger partial charge is 0.259 e. The molecule has 0 aromatic heterocycles. The van der Waals surface area contributed by atoms with Crippen molar-refractivity contribution in [2.45, 2.75) is 6.42 Å². The quantitative estimate of drug-likeness (QED) is 0.427. The van der Waals surface area contributed by atoms with Crippen LogP contribution in [0.2, 0.25) is 0 Å². The van der Waals surface area contributed by atoms with E-state index < -0.39 is 0 Å². The van der Waals surface area contributed by atoms with Crippen molar-refractivity contribution in [2.75, 3.05) is 57.7 Å². The summed E-state index contributed by atoms with van der Waals surface area (Å²) in [5.74, 6) is 0.399. The first-order valence-corrected chi connectivity index (χ1v) is 11.9. The number of methoxy groups -OCH3 is 2. The Morgan fingerprint density at radius 3 is 2.00 bits per heavy atom. The van der Waals surface area contributed by atoms with E-state index in [0.717, 1.165) is 44.8 Å². The largest absolute Gasteiger partial charge is 0.496 e. The molecule has 0 spiro atoms. The monoisotopic (exact) mass is 525 g/mol. The van der Waals surface area contributed by atoms with Crippen LogP contribution in [0.25, 0.3) is 0 Å². The third kappa shape index (κ3) is 7.22. The highest BCUT2D eigenvalue weighted by molar-refractivity contribution is 6.08. The number of ether oxygens (including phenoxy) is 3. The fraction of sp³-hybridized carbons (Fsp3) is 0.286. The Hall–Kier alpha value is -3.59. The highest BCUT2D eigenvalue weighted by Gasteiger charge is 2.17. The Morgan fingerprint density at radius 1 is 0.838 bits per heavy atom. The molecule has 196 valence electrons. The zero-order valence-corrected chi connectivity index (χ0v) is 21.8. The first-order chi connectivity index (χ1) is 17.6. The van der Waals surface area contributed by atoms with Gasteiger partial charge in [0, 0.05) is 31.0 Å². The van der Waals surface area contributed by atoms with Gasteiger partial charge in [-0.3, -0.25) is 14.5 Å². The number of hydrogen-bond donors (Lipinski definition) is 2. The molecule has 1 saturated heterocycles. The molecule has 0 atom stereocenters. The van der Waals surface area contributed by atoms with Gasteiger partial charge in [-0.1, -0.05) is 30.3 Å². The normalized spacial score (nSPS) is 13.2. The molecule has 1 aliphatic heterocycles. The lowest BCUT2D eigenvalue weighted by Crippen LogP contribution is -2.37. The van der Waals surface area contributed by atoms with Crippen molar-refractivity contribution in [3.8, 4) is 11.5 Å². The van der Waals surface area contributed by atoms with E-state index in [0.29, 0.717) is 34.0 Å². The van der Waals surface area contributed by atoms with Gasteiger partial charge in [-0.15, -0.1) is 12.4 Å². The summed E-state index contributed by atoms with van der Waals surface area (Å²) in [5.41, 5.74) is 3.03. The van der Waals surface area contributed by atoms with Crippen molar-refractivity contribution in [1.29, 1.82) is 0 Å². The van der Waals surface area contributed by atoms with Crippen molar-refractivity contribution in [3.63, 3.8) is 0 Å². The second-order valence-electron chi connectivity index (χ2n) is 8.38. The minimum absolute atomic E-state index is 0. The zero-order chi connectivity index (χ0) is 25.3. The molecule has 3 aromatic rings. The van der Waals surface area contributed by atoms with Gasteiger partial charge in [0.2, 0.25) is 0 Å². The average Bonchev–Trinajstić information content (AvgIpc) is 2.93. The predicted octanol–water partition coefficient (Wildman–Crippen LogP) is 4.50. The van der Waals surface area contributed by atoms with Crippen LogP contribution in [-0.4, -0.2) is 63.8 Å². The maximum Gasteiger partial charge on any atom is 0.259 e. The third-order valence-corrected chi connectivity index (χ3v) is 6.12. The molecule has 2 N–H and O–H groups in total. The highest BCUT2D eigenvalue weighted by Crippen LogP contribution is 2.26. The molecule has 4 rings (SSSR count). The maximum absolute atomic E-state index is 13.2. The molecule has 9 heteroatoms. The van der Waals surface area contributed by atoms with E-state index in [9.17, 15) is 9.59 Å².